The highest BCUT2D eigenvalue weighted by molar-refractivity contribution is 5.96. The quantitative estimate of drug-likeness (QED) is 0.742. The molecule has 0 unspecified atom stereocenters. The topological polar surface area (TPSA) is 85.4 Å². The molecule has 0 bridgehead atoms. The Morgan fingerprint density at radius 1 is 1.33 bits per heavy atom. The van der Waals surface area contributed by atoms with Crippen LogP contribution < -0.4 is 15.0 Å². The molecule has 0 aliphatic carbocycles. The molecule has 0 atom stereocenters. The summed E-state index contributed by atoms with van der Waals surface area (Å²) in [5.41, 5.74) is 2.16. The number of carbonyl (C=O) groups is 1. The normalized spacial score (nSPS) is 15.3. The highest BCUT2D eigenvalue weighted by atomic mass is 16.5. The molecule has 4 rings (SSSR count). The molecule has 0 spiro atoms. The Morgan fingerprint density at radius 2 is 2.11 bits per heavy atom. The minimum Gasteiger partial charge on any atom is -0.479 e. The second kappa shape index (κ2) is 7.30. The van der Waals surface area contributed by atoms with Gasteiger partial charge >= 0.3 is 0 Å². The number of rotatable bonds is 5. The number of carbonyl (C=O) groups excluding carboxylic acids is 1. The number of methoxy groups -OCH3 is 1. The lowest BCUT2D eigenvalue weighted by molar-refractivity contribution is 0.0941. The third kappa shape index (κ3) is 3.60. The number of hydrogen-bond acceptors (Lipinski definition) is 6. The fourth-order valence-electron chi connectivity index (χ4n) is 3.43. The zero-order valence-corrected chi connectivity index (χ0v) is 15.5. The monoisotopic (exact) mass is 369 g/mol. The number of anilines is 1. The minimum atomic E-state index is -0.152. The van der Waals surface area contributed by atoms with Crippen LogP contribution >= 0.6 is 0 Å². The van der Waals surface area contributed by atoms with Crippen molar-refractivity contribution in [3.63, 3.8) is 0 Å². The van der Waals surface area contributed by atoms with Crippen molar-refractivity contribution in [3.8, 4) is 5.88 Å². The Labute approximate surface area is 157 Å². The molecule has 8 heteroatoms. The predicted octanol–water partition coefficient (Wildman–Crippen LogP) is 2.22. The average molecular weight is 369 g/mol. The maximum atomic E-state index is 12.4. The van der Waals surface area contributed by atoms with Crippen molar-refractivity contribution in [2.45, 2.75) is 12.8 Å². The molecule has 1 aliphatic rings. The van der Waals surface area contributed by atoms with Crippen molar-refractivity contribution in [2.24, 2.45) is 13.0 Å². The molecular weight excluding hydrogens is 346 g/mol. The average Bonchev–Trinajstić information content (AvgIpc) is 3.29. The summed E-state index contributed by atoms with van der Waals surface area (Å²) in [6.07, 6.45) is 3.62. The summed E-state index contributed by atoms with van der Waals surface area (Å²) in [6.45, 7) is 2.37. The second-order valence-corrected chi connectivity index (χ2v) is 6.83. The number of ether oxygens (including phenoxy) is 1. The Bertz CT molecular complexity index is 907. The van der Waals surface area contributed by atoms with Crippen molar-refractivity contribution >= 4 is 23.0 Å². The first-order valence-corrected chi connectivity index (χ1v) is 9.10. The van der Waals surface area contributed by atoms with Crippen LogP contribution in [0.3, 0.4) is 0 Å². The summed E-state index contributed by atoms with van der Waals surface area (Å²) in [5.74, 6) is 0.624. The number of amides is 1. The van der Waals surface area contributed by atoms with Gasteiger partial charge in [-0.15, -0.1) is 5.10 Å². The van der Waals surface area contributed by atoms with E-state index in [9.17, 15) is 4.79 Å². The molecule has 27 heavy (non-hydrogen) atoms. The maximum Gasteiger partial charge on any atom is 0.298 e. The number of aryl methyl sites for hydroxylation is 1. The number of nitrogens with zero attached hydrogens (tertiary/aromatic N) is 4. The smallest absolute Gasteiger partial charge is 0.298 e. The van der Waals surface area contributed by atoms with E-state index in [0.717, 1.165) is 37.0 Å². The van der Waals surface area contributed by atoms with Gasteiger partial charge in [0.05, 0.1) is 7.11 Å². The van der Waals surface area contributed by atoms with Crippen LogP contribution in [0.5, 0.6) is 5.88 Å². The molecular formula is C19H23N5O3. The molecule has 1 fully saturated rings. The summed E-state index contributed by atoms with van der Waals surface area (Å²) < 4.78 is 12.6. The molecule has 1 amide bonds. The van der Waals surface area contributed by atoms with Gasteiger partial charge in [-0.3, -0.25) is 9.48 Å². The van der Waals surface area contributed by atoms with E-state index in [1.54, 1.807) is 17.9 Å². The molecule has 3 aromatic rings. The van der Waals surface area contributed by atoms with E-state index in [-0.39, 0.29) is 5.91 Å². The molecule has 1 N–H and O–H groups in total. The van der Waals surface area contributed by atoms with Gasteiger partial charge < -0.3 is 19.4 Å². The van der Waals surface area contributed by atoms with Gasteiger partial charge in [0.1, 0.15) is 11.1 Å². The van der Waals surface area contributed by atoms with E-state index < -0.39 is 0 Å². The molecule has 3 heterocycles. The highest BCUT2D eigenvalue weighted by Crippen LogP contribution is 2.26. The van der Waals surface area contributed by atoms with Crippen LogP contribution in [0, 0.1) is 5.92 Å². The first-order valence-electron chi connectivity index (χ1n) is 9.10. The first-order chi connectivity index (χ1) is 13.1. The fourth-order valence-corrected chi connectivity index (χ4v) is 3.43. The second-order valence-electron chi connectivity index (χ2n) is 6.83. The Hall–Kier alpha value is -3.03. The molecule has 0 saturated carbocycles. The van der Waals surface area contributed by atoms with Crippen LogP contribution in [-0.4, -0.2) is 47.4 Å². The molecule has 2 aromatic heterocycles. The van der Waals surface area contributed by atoms with Gasteiger partial charge in [-0.25, -0.2) is 0 Å². The third-order valence-electron chi connectivity index (χ3n) is 4.95. The molecule has 1 aromatic carbocycles. The van der Waals surface area contributed by atoms with Gasteiger partial charge in [0.25, 0.3) is 11.9 Å². The lowest BCUT2D eigenvalue weighted by Crippen LogP contribution is -2.38. The number of nitrogens with one attached hydrogen (secondary N) is 1. The molecule has 1 aliphatic heterocycles. The van der Waals surface area contributed by atoms with Crippen LogP contribution in [0.4, 0.5) is 6.01 Å². The van der Waals surface area contributed by atoms with Gasteiger partial charge in [-0.05, 0) is 30.9 Å². The van der Waals surface area contributed by atoms with Crippen LogP contribution in [-0.2, 0) is 7.05 Å². The number of hydrogen-bond donors (Lipinski definition) is 1. The summed E-state index contributed by atoms with van der Waals surface area (Å²) in [4.78, 5) is 19.1. The van der Waals surface area contributed by atoms with Gasteiger partial charge in [0, 0.05) is 32.9 Å². The van der Waals surface area contributed by atoms with Crippen molar-refractivity contribution in [1.82, 2.24) is 20.1 Å². The van der Waals surface area contributed by atoms with Crippen molar-refractivity contribution in [2.75, 3.05) is 31.6 Å². The van der Waals surface area contributed by atoms with Crippen molar-refractivity contribution < 1.29 is 13.9 Å². The predicted molar refractivity (Wildman–Crippen MR) is 101 cm³/mol. The van der Waals surface area contributed by atoms with E-state index in [1.807, 2.05) is 24.3 Å². The van der Waals surface area contributed by atoms with Gasteiger partial charge in [0.2, 0.25) is 5.88 Å². The van der Waals surface area contributed by atoms with E-state index in [2.05, 4.69) is 20.3 Å². The highest BCUT2D eigenvalue weighted by Gasteiger charge is 2.24. The molecule has 8 nitrogen and oxygen atoms in total. The Balaban J connectivity index is 1.31. The number of piperidine rings is 1. The number of benzene rings is 1. The van der Waals surface area contributed by atoms with E-state index in [4.69, 9.17) is 9.15 Å². The number of aromatic nitrogens is 3. The zero-order valence-electron chi connectivity index (χ0n) is 15.5. The minimum absolute atomic E-state index is 0.152. The summed E-state index contributed by atoms with van der Waals surface area (Å²) in [6, 6.07) is 8.47. The van der Waals surface area contributed by atoms with Crippen LogP contribution in [0.1, 0.15) is 23.2 Å². The zero-order chi connectivity index (χ0) is 18.8. The summed E-state index contributed by atoms with van der Waals surface area (Å²) >= 11 is 0. The lowest BCUT2D eigenvalue weighted by atomic mass is 9.97. The van der Waals surface area contributed by atoms with E-state index in [0.29, 0.717) is 29.9 Å². The number of para-hydroxylation sites is 2. The lowest BCUT2D eigenvalue weighted by Gasteiger charge is -2.30. The standard InChI is InChI=1S/C19H23N5O3/c1-23-12-14(18(22-23)26-2)17(25)20-11-13-7-9-24(10-8-13)19-21-15-5-3-4-6-16(15)27-19/h3-6,12-13H,7-11H2,1-2H3,(H,20,25). The molecule has 142 valence electrons. The van der Waals surface area contributed by atoms with E-state index in [1.165, 1.54) is 7.11 Å². The van der Waals surface area contributed by atoms with Gasteiger partial charge in [-0.2, -0.15) is 4.98 Å². The third-order valence-corrected chi connectivity index (χ3v) is 4.95. The SMILES string of the molecule is COc1nn(C)cc1C(=O)NCC1CCN(c2nc3ccccc3o2)CC1. The number of fused-ring (bicyclic) bond motifs is 1. The largest absolute Gasteiger partial charge is 0.479 e. The fraction of sp³-hybridized carbons (Fsp3) is 0.421. The first kappa shape index (κ1) is 17.4. The van der Waals surface area contributed by atoms with Crippen molar-refractivity contribution in [1.29, 1.82) is 0 Å². The molecule has 0 radical (unpaired) electrons. The van der Waals surface area contributed by atoms with Crippen LogP contribution in [0.25, 0.3) is 11.1 Å². The number of oxazole rings is 1. The van der Waals surface area contributed by atoms with Gasteiger partial charge in [-0.1, -0.05) is 12.1 Å². The van der Waals surface area contributed by atoms with E-state index >= 15 is 0 Å². The maximum absolute atomic E-state index is 12.4. The molecule has 1 saturated heterocycles. The Morgan fingerprint density at radius 3 is 2.85 bits per heavy atom. The van der Waals surface area contributed by atoms with Gasteiger partial charge in [0.15, 0.2) is 5.58 Å². The van der Waals surface area contributed by atoms with Crippen LogP contribution in [0.2, 0.25) is 0 Å². The summed E-state index contributed by atoms with van der Waals surface area (Å²) in [7, 11) is 3.28. The Kier molecular flexibility index (Phi) is 4.70. The van der Waals surface area contributed by atoms with Crippen molar-refractivity contribution in [3.05, 3.63) is 36.0 Å². The summed E-state index contributed by atoms with van der Waals surface area (Å²) in [5, 5.41) is 7.12. The van der Waals surface area contributed by atoms with Crippen LogP contribution in [0.15, 0.2) is 34.9 Å².